The molecule has 0 saturated heterocycles. The van der Waals surface area contributed by atoms with Gasteiger partial charge in [-0.05, 0) is 24.6 Å². The third kappa shape index (κ3) is 2.56. The summed E-state index contributed by atoms with van der Waals surface area (Å²) in [6.45, 7) is 1.95. The molecule has 0 saturated carbocycles. The zero-order valence-electron chi connectivity index (χ0n) is 10.8. The maximum absolute atomic E-state index is 5.63. The van der Waals surface area contributed by atoms with E-state index in [1.165, 1.54) is 0 Å². The fourth-order valence-electron chi connectivity index (χ4n) is 1.86. The van der Waals surface area contributed by atoms with Crippen molar-refractivity contribution >= 4 is 5.95 Å². The van der Waals surface area contributed by atoms with Crippen LogP contribution in [-0.2, 0) is 6.42 Å². The predicted molar refractivity (Wildman–Crippen MR) is 70.1 cm³/mol. The number of benzene rings is 1. The van der Waals surface area contributed by atoms with Gasteiger partial charge in [0, 0.05) is 18.2 Å². The number of hydrogen-bond donors (Lipinski definition) is 2. The molecule has 2 aromatic rings. The smallest absolute Gasteiger partial charge is 0.197 e. The van der Waals surface area contributed by atoms with Crippen molar-refractivity contribution in [2.45, 2.75) is 13.3 Å². The van der Waals surface area contributed by atoms with E-state index in [0.717, 1.165) is 28.5 Å². The van der Waals surface area contributed by atoms with E-state index in [1.807, 2.05) is 25.1 Å². The summed E-state index contributed by atoms with van der Waals surface area (Å²) < 4.78 is 10.5. The molecule has 0 aliphatic rings. The van der Waals surface area contributed by atoms with E-state index in [1.54, 1.807) is 14.2 Å². The Morgan fingerprint density at radius 3 is 2.22 bits per heavy atom. The van der Waals surface area contributed by atoms with Crippen molar-refractivity contribution in [3.8, 4) is 11.5 Å². The second kappa shape index (κ2) is 5.00. The number of hydrogen-bond acceptors (Lipinski definition) is 4. The van der Waals surface area contributed by atoms with Crippen molar-refractivity contribution in [3.63, 3.8) is 0 Å². The van der Waals surface area contributed by atoms with Crippen molar-refractivity contribution in [1.29, 1.82) is 0 Å². The van der Waals surface area contributed by atoms with E-state index in [2.05, 4.69) is 9.97 Å². The van der Waals surface area contributed by atoms with Crippen LogP contribution in [0.25, 0.3) is 0 Å². The van der Waals surface area contributed by atoms with Gasteiger partial charge in [-0.15, -0.1) is 0 Å². The Balaban J connectivity index is 2.30. The molecule has 0 unspecified atom stereocenters. The molecule has 0 radical (unpaired) electrons. The molecule has 5 nitrogen and oxygen atoms in total. The number of anilines is 1. The standard InChI is InChI=1S/C13H17N3O2/c1-8-12(16-13(14)15-8)6-9-4-10(17-2)7-11(5-9)18-3/h4-5,7H,6H2,1-3H3,(H3,14,15,16). The number of aryl methyl sites for hydroxylation is 1. The number of nitrogen functional groups attached to an aromatic ring is 1. The van der Waals surface area contributed by atoms with E-state index >= 15 is 0 Å². The number of nitrogens with one attached hydrogen (secondary N) is 1. The third-order valence-corrected chi connectivity index (χ3v) is 2.79. The van der Waals surface area contributed by atoms with Crippen LogP contribution in [0.1, 0.15) is 17.0 Å². The summed E-state index contributed by atoms with van der Waals surface area (Å²) in [6, 6.07) is 5.77. The SMILES string of the molecule is COc1cc(Cc2nc(N)[nH]c2C)cc(OC)c1. The first kappa shape index (κ1) is 12.3. The number of imidazole rings is 1. The summed E-state index contributed by atoms with van der Waals surface area (Å²) in [4.78, 5) is 7.25. The molecule has 2 rings (SSSR count). The normalized spacial score (nSPS) is 10.4. The lowest BCUT2D eigenvalue weighted by Crippen LogP contribution is -1.95. The van der Waals surface area contributed by atoms with Gasteiger partial charge < -0.3 is 20.2 Å². The summed E-state index contributed by atoms with van der Waals surface area (Å²) in [6.07, 6.45) is 0.688. The Morgan fingerprint density at radius 1 is 1.17 bits per heavy atom. The van der Waals surface area contributed by atoms with Gasteiger partial charge in [-0.25, -0.2) is 4.98 Å². The molecule has 96 valence electrons. The summed E-state index contributed by atoms with van der Waals surface area (Å²) in [7, 11) is 3.27. The first-order valence-corrected chi connectivity index (χ1v) is 5.65. The largest absolute Gasteiger partial charge is 0.497 e. The number of aromatic amines is 1. The third-order valence-electron chi connectivity index (χ3n) is 2.79. The van der Waals surface area contributed by atoms with E-state index < -0.39 is 0 Å². The average molecular weight is 247 g/mol. The number of nitrogens with zero attached hydrogens (tertiary/aromatic N) is 1. The second-order valence-electron chi connectivity index (χ2n) is 4.09. The molecule has 0 atom stereocenters. The van der Waals surface area contributed by atoms with Crippen molar-refractivity contribution in [3.05, 3.63) is 35.2 Å². The highest BCUT2D eigenvalue weighted by atomic mass is 16.5. The Hall–Kier alpha value is -2.17. The molecule has 0 fully saturated rings. The minimum atomic E-state index is 0.442. The number of ether oxygens (including phenoxy) is 2. The number of nitrogens with two attached hydrogens (primary N) is 1. The molecule has 0 aliphatic carbocycles. The molecular formula is C13H17N3O2. The highest BCUT2D eigenvalue weighted by Crippen LogP contribution is 2.24. The number of rotatable bonds is 4. The van der Waals surface area contributed by atoms with Crippen LogP contribution in [0.15, 0.2) is 18.2 Å². The van der Waals surface area contributed by atoms with Crippen LogP contribution in [-0.4, -0.2) is 24.2 Å². The lowest BCUT2D eigenvalue weighted by atomic mass is 10.1. The summed E-state index contributed by atoms with van der Waals surface area (Å²) in [5.41, 5.74) is 8.61. The van der Waals surface area contributed by atoms with Gasteiger partial charge in [0.1, 0.15) is 11.5 Å². The molecule has 1 aromatic carbocycles. The lowest BCUT2D eigenvalue weighted by Gasteiger charge is -2.07. The maximum Gasteiger partial charge on any atom is 0.197 e. The Morgan fingerprint density at radius 2 is 1.78 bits per heavy atom. The van der Waals surface area contributed by atoms with Crippen LogP contribution in [0.5, 0.6) is 11.5 Å². The van der Waals surface area contributed by atoms with Crippen molar-refractivity contribution in [1.82, 2.24) is 9.97 Å². The van der Waals surface area contributed by atoms with Gasteiger partial charge in [-0.2, -0.15) is 0 Å². The van der Waals surface area contributed by atoms with Gasteiger partial charge >= 0.3 is 0 Å². The Labute approximate surface area is 106 Å². The van der Waals surface area contributed by atoms with Crippen LogP contribution in [0, 0.1) is 6.92 Å². The van der Waals surface area contributed by atoms with Crippen molar-refractivity contribution < 1.29 is 9.47 Å². The monoisotopic (exact) mass is 247 g/mol. The summed E-state index contributed by atoms with van der Waals surface area (Å²) in [5, 5.41) is 0. The van der Waals surface area contributed by atoms with Crippen LogP contribution < -0.4 is 15.2 Å². The summed E-state index contributed by atoms with van der Waals surface area (Å²) in [5.74, 6) is 1.98. The highest BCUT2D eigenvalue weighted by Gasteiger charge is 2.08. The fraction of sp³-hybridized carbons (Fsp3) is 0.308. The molecule has 0 aliphatic heterocycles. The number of methoxy groups -OCH3 is 2. The minimum Gasteiger partial charge on any atom is -0.497 e. The number of H-pyrrole nitrogens is 1. The zero-order chi connectivity index (χ0) is 13.1. The van der Waals surface area contributed by atoms with Crippen LogP contribution in [0.4, 0.5) is 5.95 Å². The van der Waals surface area contributed by atoms with Crippen molar-refractivity contribution in [2.24, 2.45) is 0 Å². The second-order valence-corrected chi connectivity index (χ2v) is 4.09. The lowest BCUT2D eigenvalue weighted by molar-refractivity contribution is 0.393. The Bertz CT molecular complexity index is 527. The van der Waals surface area contributed by atoms with E-state index in [9.17, 15) is 0 Å². The molecule has 1 heterocycles. The van der Waals surface area contributed by atoms with Gasteiger partial charge in [0.2, 0.25) is 0 Å². The molecule has 18 heavy (non-hydrogen) atoms. The highest BCUT2D eigenvalue weighted by molar-refractivity contribution is 5.41. The van der Waals surface area contributed by atoms with Gasteiger partial charge in [-0.1, -0.05) is 0 Å². The van der Waals surface area contributed by atoms with E-state index in [0.29, 0.717) is 12.4 Å². The fourth-order valence-corrected chi connectivity index (χ4v) is 1.86. The summed E-state index contributed by atoms with van der Waals surface area (Å²) >= 11 is 0. The minimum absolute atomic E-state index is 0.442. The Kier molecular flexibility index (Phi) is 3.41. The van der Waals surface area contributed by atoms with Gasteiger partial charge in [-0.3, -0.25) is 0 Å². The van der Waals surface area contributed by atoms with Gasteiger partial charge in [0.25, 0.3) is 0 Å². The molecule has 1 aromatic heterocycles. The maximum atomic E-state index is 5.63. The molecular weight excluding hydrogens is 230 g/mol. The predicted octanol–water partition coefficient (Wildman–Crippen LogP) is 1.91. The van der Waals surface area contributed by atoms with Crippen LogP contribution >= 0.6 is 0 Å². The van der Waals surface area contributed by atoms with Gasteiger partial charge in [0.05, 0.1) is 19.9 Å². The van der Waals surface area contributed by atoms with E-state index in [4.69, 9.17) is 15.2 Å². The van der Waals surface area contributed by atoms with Crippen molar-refractivity contribution in [2.75, 3.05) is 20.0 Å². The van der Waals surface area contributed by atoms with Crippen LogP contribution in [0.2, 0.25) is 0 Å². The molecule has 5 heteroatoms. The zero-order valence-corrected chi connectivity index (χ0v) is 10.8. The van der Waals surface area contributed by atoms with E-state index in [-0.39, 0.29) is 0 Å². The average Bonchev–Trinajstić information content (AvgIpc) is 2.67. The molecule has 0 amide bonds. The first-order valence-electron chi connectivity index (χ1n) is 5.65. The molecule has 0 spiro atoms. The molecule has 0 bridgehead atoms. The first-order chi connectivity index (χ1) is 8.62. The quantitative estimate of drug-likeness (QED) is 0.865. The van der Waals surface area contributed by atoms with Gasteiger partial charge in [0.15, 0.2) is 5.95 Å². The molecule has 3 N–H and O–H groups in total. The topological polar surface area (TPSA) is 73.2 Å². The van der Waals surface area contributed by atoms with Crippen LogP contribution in [0.3, 0.4) is 0 Å². The number of aromatic nitrogens is 2.